The molecule has 0 aromatic heterocycles. The number of benzene rings is 1. The van der Waals surface area contributed by atoms with Crippen molar-refractivity contribution in [3.8, 4) is 5.75 Å². The number of likely N-dealkylation sites (tertiary alicyclic amines) is 1. The molecular formula is C22H33BrN2O4. The quantitative estimate of drug-likeness (QED) is 0.460. The van der Waals surface area contributed by atoms with Gasteiger partial charge in [0, 0.05) is 31.2 Å². The number of methoxy groups -OCH3 is 1. The molecule has 6 nitrogen and oxygen atoms in total. The van der Waals surface area contributed by atoms with Gasteiger partial charge in [-0.1, -0.05) is 22.9 Å². The van der Waals surface area contributed by atoms with Crippen molar-refractivity contribution in [3.05, 3.63) is 28.2 Å². The molecule has 2 fully saturated rings. The minimum absolute atomic E-state index is 0.0446. The number of hydrogen-bond acceptors (Lipinski definition) is 5. The smallest absolute Gasteiger partial charge is 0.410 e. The Morgan fingerprint density at radius 2 is 2.10 bits per heavy atom. The maximum absolute atomic E-state index is 11.8. The van der Waals surface area contributed by atoms with Crippen molar-refractivity contribution in [1.29, 1.82) is 0 Å². The van der Waals surface area contributed by atoms with Gasteiger partial charge in [-0.2, -0.15) is 0 Å². The highest BCUT2D eigenvalue weighted by Gasteiger charge is 2.31. The van der Waals surface area contributed by atoms with Crippen molar-refractivity contribution >= 4 is 22.0 Å². The second-order valence-corrected chi connectivity index (χ2v) is 8.85. The van der Waals surface area contributed by atoms with Crippen LogP contribution in [0.25, 0.3) is 0 Å². The van der Waals surface area contributed by atoms with E-state index in [1.807, 2.05) is 11.0 Å². The first-order valence-electron chi connectivity index (χ1n) is 10.7. The van der Waals surface area contributed by atoms with Crippen LogP contribution < -0.4 is 4.74 Å². The Balaban J connectivity index is 1.43. The number of carbonyl (C=O) groups excluding carboxylic acids is 1. The molecule has 2 atom stereocenters. The van der Waals surface area contributed by atoms with Crippen molar-refractivity contribution in [2.24, 2.45) is 5.92 Å². The van der Waals surface area contributed by atoms with Crippen LogP contribution in [-0.2, 0) is 15.9 Å². The average Bonchev–Trinajstić information content (AvgIpc) is 3.29. The number of cyclic esters (lactones) is 1. The Kier molecular flexibility index (Phi) is 8.63. The van der Waals surface area contributed by atoms with Gasteiger partial charge in [-0.3, -0.25) is 0 Å². The van der Waals surface area contributed by atoms with Gasteiger partial charge in [-0.05, 0) is 61.9 Å². The Hall–Kier alpha value is -1.31. The van der Waals surface area contributed by atoms with E-state index in [1.54, 1.807) is 7.11 Å². The fourth-order valence-corrected chi connectivity index (χ4v) is 4.55. The van der Waals surface area contributed by atoms with Crippen molar-refractivity contribution in [2.75, 3.05) is 53.0 Å². The summed E-state index contributed by atoms with van der Waals surface area (Å²) in [6.07, 6.45) is 4.04. The predicted molar refractivity (Wildman–Crippen MR) is 117 cm³/mol. The predicted octanol–water partition coefficient (Wildman–Crippen LogP) is 3.96. The van der Waals surface area contributed by atoms with E-state index >= 15 is 0 Å². The number of amides is 1. The van der Waals surface area contributed by atoms with E-state index in [4.69, 9.17) is 14.2 Å². The average molecular weight is 469 g/mol. The zero-order valence-corrected chi connectivity index (χ0v) is 19.2. The lowest BCUT2D eigenvalue weighted by Gasteiger charge is -2.18. The molecule has 162 valence electrons. The molecule has 7 heteroatoms. The van der Waals surface area contributed by atoms with Crippen LogP contribution >= 0.6 is 15.9 Å². The lowest BCUT2D eigenvalue weighted by molar-refractivity contribution is 0.122. The van der Waals surface area contributed by atoms with Crippen molar-refractivity contribution in [3.63, 3.8) is 0 Å². The third-order valence-corrected chi connectivity index (χ3v) is 6.44. The van der Waals surface area contributed by atoms with Crippen molar-refractivity contribution in [2.45, 2.75) is 38.7 Å². The summed E-state index contributed by atoms with van der Waals surface area (Å²) in [5, 5.41) is 0. The zero-order valence-electron chi connectivity index (χ0n) is 17.6. The molecule has 0 saturated carbocycles. The molecule has 2 aliphatic heterocycles. The molecule has 1 aromatic carbocycles. The topological polar surface area (TPSA) is 51.2 Å². The van der Waals surface area contributed by atoms with Gasteiger partial charge in [0.1, 0.15) is 18.5 Å². The molecule has 2 saturated heterocycles. The van der Waals surface area contributed by atoms with Gasteiger partial charge in [0.25, 0.3) is 0 Å². The SMILES string of the molecule is CCCN1CC(CCN2CCC(Cc3cc(OCCOC)ccc3Br)C2)OC1=O. The summed E-state index contributed by atoms with van der Waals surface area (Å²) in [5.74, 6) is 1.54. The van der Waals surface area contributed by atoms with E-state index in [0.717, 1.165) is 62.2 Å². The van der Waals surface area contributed by atoms with Gasteiger partial charge >= 0.3 is 6.09 Å². The van der Waals surface area contributed by atoms with Crippen LogP contribution in [0.1, 0.15) is 31.7 Å². The summed E-state index contributed by atoms with van der Waals surface area (Å²) >= 11 is 3.69. The van der Waals surface area contributed by atoms with E-state index in [0.29, 0.717) is 19.1 Å². The molecule has 2 aliphatic rings. The Labute approximate surface area is 182 Å². The Morgan fingerprint density at radius 1 is 1.24 bits per heavy atom. The summed E-state index contributed by atoms with van der Waals surface area (Å²) in [7, 11) is 1.68. The first-order chi connectivity index (χ1) is 14.1. The fraction of sp³-hybridized carbons (Fsp3) is 0.682. The number of nitrogens with zero attached hydrogens (tertiary/aromatic N) is 2. The second-order valence-electron chi connectivity index (χ2n) is 7.99. The van der Waals surface area contributed by atoms with Gasteiger partial charge in [0.05, 0.1) is 13.2 Å². The molecule has 0 aliphatic carbocycles. The Bertz CT molecular complexity index is 672. The maximum atomic E-state index is 11.8. The molecule has 0 radical (unpaired) electrons. The molecule has 0 spiro atoms. The van der Waals surface area contributed by atoms with E-state index < -0.39 is 0 Å². The van der Waals surface area contributed by atoms with Crippen LogP contribution in [-0.4, -0.2) is 75.0 Å². The molecule has 2 unspecified atom stereocenters. The highest BCUT2D eigenvalue weighted by molar-refractivity contribution is 9.10. The highest BCUT2D eigenvalue weighted by Crippen LogP contribution is 2.29. The lowest BCUT2D eigenvalue weighted by Crippen LogP contribution is -2.28. The van der Waals surface area contributed by atoms with Crippen molar-refractivity contribution < 1.29 is 19.0 Å². The largest absolute Gasteiger partial charge is 0.491 e. The first-order valence-corrected chi connectivity index (χ1v) is 11.5. The molecule has 29 heavy (non-hydrogen) atoms. The first kappa shape index (κ1) is 22.4. The van der Waals surface area contributed by atoms with Gasteiger partial charge in [-0.15, -0.1) is 0 Å². The minimum atomic E-state index is -0.145. The minimum Gasteiger partial charge on any atom is -0.491 e. The summed E-state index contributed by atoms with van der Waals surface area (Å²) in [6, 6.07) is 6.21. The number of hydrogen-bond donors (Lipinski definition) is 0. The maximum Gasteiger partial charge on any atom is 0.410 e. The van der Waals surface area contributed by atoms with Gasteiger partial charge in [0.15, 0.2) is 0 Å². The van der Waals surface area contributed by atoms with E-state index in [9.17, 15) is 4.79 Å². The van der Waals surface area contributed by atoms with Crippen LogP contribution in [0.3, 0.4) is 0 Å². The van der Waals surface area contributed by atoms with E-state index in [2.05, 4.69) is 39.9 Å². The van der Waals surface area contributed by atoms with Crippen LogP contribution in [0.5, 0.6) is 5.75 Å². The monoisotopic (exact) mass is 468 g/mol. The number of halogens is 1. The number of ether oxygens (including phenoxy) is 3. The fourth-order valence-electron chi connectivity index (χ4n) is 4.14. The molecule has 0 bridgehead atoms. The molecule has 3 rings (SSSR count). The summed E-state index contributed by atoms with van der Waals surface area (Å²) < 4.78 is 17.5. The van der Waals surface area contributed by atoms with Gasteiger partial charge in [-0.25, -0.2) is 4.79 Å². The summed E-state index contributed by atoms with van der Waals surface area (Å²) in [4.78, 5) is 16.2. The van der Waals surface area contributed by atoms with Crippen molar-refractivity contribution in [1.82, 2.24) is 9.80 Å². The van der Waals surface area contributed by atoms with Gasteiger partial charge in [0.2, 0.25) is 0 Å². The molecule has 1 aromatic rings. The summed E-state index contributed by atoms with van der Waals surface area (Å²) in [5.41, 5.74) is 1.30. The third-order valence-electron chi connectivity index (χ3n) is 5.66. The normalized spacial score (nSPS) is 22.3. The summed E-state index contributed by atoms with van der Waals surface area (Å²) in [6.45, 7) is 8.00. The Morgan fingerprint density at radius 3 is 2.90 bits per heavy atom. The number of carbonyl (C=O) groups is 1. The molecule has 2 heterocycles. The second kappa shape index (κ2) is 11.2. The standard InChI is InChI=1S/C22H33BrN2O4/c1-3-8-25-16-20(29-22(25)26)7-10-24-9-6-17(15-24)13-18-14-19(4-5-21(18)23)28-12-11-27-2/h4-5,14,17,20H,3,6-13,15-16H2,1-2H3. The zero-order chi connectivity index (χ0) is 20.6. The van der Waals surface area contributed by atoms with Gasteiger partial charge < -0.3 is 24.0 Å². The van der Waals surface area contributed by atoms with Crippen LogP contribution in [0.2, 0.25) is 0 Å². The highest BCUT2D eigenvalue weighted by atomic mass is 79.9. The molecule has 0 N–H and O–H groups in total. The third kappa shape index (κ3) is 6.59. The molecule has 1 amide bonds. The van der Waals surface area contributed by atoms with E-state index in [-0.39, 0.29) is 12.2 Å². The van der Waals surface area contributed by atoms with E-state index in [1.165, 1.54) is 12.0 Å². The lowest BCUT2D eigenvalue weighted by atomic mass is 9.98. The number of rotatable bonds is 11. The van der Waals surface area contributed by atoms with Crippen LogP contribution in [0.15, 0.2) is 22.7 Å². The molecular weight excluding hydrogens is 436 g/mol. The van der Waals surface area contributed by atoms with Crippen LogP contribution in [0.4, 0.5) is 4.79 Å². The van der Waals surface area contributed by atoms with Crippen LogP contribution in [0, 0.1) is 5.92 Å².